The van der Waals surface area contributed by atoms with Gasteiger partial charge in [0.25, 0.3) is 0 Å². The maximum absolute atomic E-state index is 2.41. The van der Waals surface area contributed by atoms with Crippen molar-refractivity contribution in [2.45, 2.75) is 39.5 Å². The number of nitrogens with zero attached hydrogens (tertiary/aromatic N) is 1. The standard InChI is InChI=1S/C24H29NSi/c1-19(2)25(23-15-17-24(18-16-23)26(3,4)5)22-13-11-21(12-14-22)20-9-7-6-8-10-20/h6-19H,1-5H3. The predicted molar refractivity (Wildman–Crippen MR) is 119 cm³/mol. The lowest BCUT2D eigenvalue weighted by atomic mass is 10.0. The molecule has 0 bridgehead atoms. The molecule has 0 aliphatic rings. The Bertz CT molecular complexity index is 828. The zero-order chi connectivity index (χ0) is 18.7. The van der Waals surface area contributed by atoms with Crippen LogP contribution in [-0.2, 0) is 0 Å². The molecule has 0 aromatic heterocycles. The Morgan fingerprint density at radius 2 is 1.08 bits per heavy atom. The molecule has 3 aromatic rings. The van der Waals surface area contributed by atoms with E-state index >= 15 is 0 Å². The number of benzene rings is 3. The van der Waals surface area contributed by atoms with Crippen molar-refractivity contribution in [2.24, 2.45) is 0 Å². The molecule has 0 saturated carbocycles. The van der Waals surface area contributed by atoms with Crippen molar-refractivity contribution >= 4 is 24.6 Å². The molecule has 0 aliphatic carbocycles. The lowest BCUT2D eigenvalue weighted by molar-refractivity contribution is 0.789. The van der Waals surface area contributed by atoms with Crippen molar-refractivity contribution in [1.82, 2.24) is 0 Å². The Morgan fingerprint density at radius 3 is 1.54 bits per heavy atom. The third kappa shape index (κ3) is 4.08. The first-order valence-electron chi connectivity index (χ1n) is 9.41. The van der Waals surface area contributed by atoms with E-state index in [1.165, 1.54) is 27.7 Å². The quantitative estimate of drug-likeness (QED) is 0.473. The fraction of sp³-hybridized carbons (Fsp3) is 0.250. The van der Waals surface area contributed by atoms with E-state index in [1.54, 1.807) is 0 Å². The van der Waals surface area contributed by atoms with Crippen LogP contribution < -0.4 is 10.1 Å². The number of hydrogen-bond acceptors (Lipinski definition) is 1. The molecule has 134 valence electrons. The Kier molecular flexibility index (Phi) is 5.33. The second-order valence-corrected chi connectivity index (χ2v) is 13.3. The van der Waals surface area contributed by atoms with Crippen LogP contribution in [0.3, 0.4) is 0 Å². The molecule has 0 fully saturated rings. The first-order chi connectivity index (χ1) is 12.4. The van der Waals surface area contributed by atoms with Gasteiger partial charge in [0, 0.05) is 17.4 Å². The molecule has 3 rings (SSSR count). The lowest BCUT2D eigenvalue weighted by Gasteiger charge is -2.30. The monoisotopic (exact) mass is 359 g/mol. The van der Waals surface area contributed by atoms with Gasteiger partial charge in [-0.2, -0.15) is 0 Å². The topological polar surface area (TPSA) is 3.24 Å². The van der Waals surface area contributed by atoms with Gasteiger partial charge in [0.2, 0.25) is 0 Å². The van der Waals surface area contributed by atoms with Gasteiger partial charge in [0.05, 0.1) is 8.07 Å². The van der Waals surface area contributed by atoms with Gasteiger partial charge in [-0.15, -0.1) is 0 Å². The lowest BCUT2D eigenvalue weighted by Crippen LogP contribution is -2.37. The smallest absolute Gasteiger partial charge is 0.0775 e. The molecule has 0 aliphatic heterocycles. The number of hydrogen-bond donors (Lipinski definition) is 0. The molecular weight excluding hydrogens is 330 g/mol. The van der Waals surface area contributed by atoms with E-state index in [4.69, 9.17) is 0 Å². The molecule has 0 N–H and O–H groups in total. The van der Waals surface area contributed by atoms with E-state index in [0.717, 1.165) is 0 Å². The van der Waals surface area contributed by atoms with Gasteiger partial charge >= 0.3 is 0 Å². The van der Waals surface area contributed by atoms with Crippen LogP contribution in [0, 0.1) is 0 Å². The highest BCUT2D eigenvalue weighted by molar-refractivity contribution is 6.88. The summed E-state index contributed by atoms with van der Waals surface area (Å²) in [7, 11) is -1.26. The third-order valence-electron chi connectivity index (χ3n) is 4.78. The first kappa shape index (κ1) is 18.5. The molecule has 3 aromatic carbocycles. The second-order valence-electron chi connectivity index (χ2n) is 8.17. The average Bonchev–Trinajstić information content (AvgIpc) is 2.63. The number of anilines is 2. The highest BCUT2D eigenvalue weighted by atomic mass is 28.3. The van der Waals surface area contributed by atoms with Crippen LogP contribution in [0.1, 0.15) is 13.8 Å². The fourth-order valence-corrected chi connectivity index (χ4v) is 4.48. The highest BCUT2D eigenvalue weighted by Gasteiger charge is 2.18. The van der Waals surface area contributed by atoms with Gasteiger partial charge < -0.3 is 4.90 Å². The van der Waals surface area contributed by atoms with E-state index in [-0.39, 0.29) is 0 Å². The minimum Gasteiger partial charge on any atom is -0.339 e. The summed E-state index contributed by atoms with van der Waals surface area (Å²) in [6.45, 7) is 11.7. The second kappa shape index (κ2) is 7.51. The van der Waals surface area contributed by atoms with E-state index in [2.05, 4.69) is 117 Å². The minimum atomic E-state index is -1.26. The van der Waals surface area contributed by atoms with Crippen molar-refractivity contribution in [2.75, 3.05) is 4.90 Å². The molecule has 0 radical (unpaired) electrons. The van der Waals surface area contributed by atoms with E-state index in [0.29, 0.717) is 6.04 Å². The third-order valence-corrected chi connectivity index (χ3v) is 6.85. The summed E-state index contributed by atoms with van der Waals surface area (Å²) >= 11 is 0. The predicted octanol–water partition coefficient (Wildman–Crippen LogP) is 6.45. The SMILES string of the molecule is CC(C)N(c1ccc(-c2ccccc2)cc1)c1ccc([Si](C)(C)C)cc1. The summed E-state index contributed by atoms with van der Waals surface area (Å²) in [5, 5.41) is 1.50. The van der Waals surface area contributed by atoms with Crippen molar-refractivity contribution < 1.29 is 0 Å². The van der Waals surface area contributed by atoms with Crippen molar-refractivity contribution in [3.8, 4) is 11.1 Å². The van der Waals surface area contributed by atoms with E-state index in [1.807, 2.05) is 0 Å². The summed E-state index contributed by atoms with van der Waals surface area (Å²) in [4.78, 5) is 2.41. The van der Waals surface area contributed by atoms with Gasteiger partial charge in [0.1, 0.15) is 0 Å². The molecular formula is C24H29NSi. The van der Waals surface area contributed by atoms with Crippen molar-refractivity contribution in [3.05, 3.63) is 78.9 Å². The molecule has 0 saturated heterocycles. The zero-order valence-corrected chi connectivity index (χ0v) is 17.5. The van der Waals surface area contributed by atoms with Crippen LogP contribution in [0.25, 0.3) is 11.1 Å². The summed E-state index contributed by atoms with van der Waals surface area (Å²) in [5.41, 5.74) is 5.01. The van der Waals surface area contributed by atoms with Crippen LogP contribution in [0.4, 0.5) is 11.4 Å². The maximum atomic E-state index is 2.41. The minimum absolute atomic E-state index is 0.398. The van der Waals surface area contributed by atoms with Gasteiger partial charge in [-0.25, -0.2) is 0 Å². The van der Waals surface area contributed by atoms with Crippen LogP contribution in [-0.4, -0.2) is 14.1 Å². The Morgan fingerprint density at radius 1 is 0.615 bits per heavy atom. The Balaban J connectivity index is 1.91. The zero-order valence-electron chi connectivity index (χ0n) is 16.5. The molecule has 0 heterocycles. The Labute approximate surface area is 159 Å². The van der Waals surface area contributed by atoms with Crippen LogP contribution >= 0.6 is 0 Å². The molecule has 0 unspecified atom stereocenters. The average molecular weight is 360 g/mol. The van der Waals surface area contributed by atoms with Gasteiger partial charge in [-0.1, -0.05) is 79.4 Å². The molecule has 1 nitrogen and oxygen atoms in total. The van der Waals surface area contributed by atoms with Crippen LogP contribution in [0.2, 0.25) is 19.6 Å². The van der Waals surface area contributed by atoms with Gasteiger partial charge in [0.15, 0.2) is 0 Å². The van der Waals surface area contributed by atoms with Crippen molar-refractivity contribution in [3.63, 3.8) is 0 Å². The molecule has 26 heavy (non-hydrogen) atoms. The van der Waals surface area contributed by atoms with E-state index < -0.39 is 8.07 Å². The van der Waals surface area contributed by atoms with Gasteiger partial charge in [-0.05, 0) is 49.2 Å². The first-order valence-corrected chi connectivity index (χ1v) is 12.9. The summed E-state index contributed by atoms with van der Waals surface area (Å²) in [6, 6.07) is 29.0. The largest absolute Gasteiger partial charge is 0.339 e. The van der Waals surface area contributed by atoms with Gasteiger partial charge in [-0.3, -0.25) is 0 Å². The van der Waals surface area contributed by atoms with Crippen LogP contribution in [0.15, 0.2) is 78.9 Å². The molecule has 0 spiro atoms. The summed E-state index contributed by atoms with van der Waals surface area (Å²) < 4.78 is 0. The van der Waals surface area contributed by atoms with E-state index in [9.17, 15) is 0 Å². The highest BCUT2D eigenvalue weighted by Crippen LogP contribution is 2.30. The summed E-state index contributed by atoms with van der Waals surface area (Å²) in [5.74, 6) is 0. The molecule has 0 amide bonds. The number of rotatable bonds is 5. The molecule has 2 heteroatoms. The Hall–Kier alpha value is -2.32. The molecule has 0 atom stereocenters. The van der Waals surface area contributed by atoms with Crippen LogP contribution in [0.5, 0.6) is 0 Å². The van der Waals surface area contributed by atoms with Crippen molar-refractivity contribution in [1.29, 1.82) is 0 Å². The maximum Gasteiger partial charge on any atom is 0.0775 e. The summed E-state index contributed by atoms with van der Waals surface area (Å²) in [6.07, 6.45) is 0. The normalized spacial score (nSPS) is 11.6. The fourth-order valence-electron chi connectivity index (χ4n) is 3.31.